The minimum atomic E-state index is 0.276. The van der Waals surface area contributed by atoms with E-state index in [2.05, 4.69) is 59.3 Å². The van der Waals surface area contributed by atoms with Crippen LogP contribution in [0, 0.1) is 0 Å². The Labute approximate surface area is 164 Å². The summed E-state index contributed by atoms with van der Waals surface area (Å²) in [5, 5.41) is 6.79. The van der Waals surface area contributed by atoms with Gasteiger partial charge in [-0.05, 0) is 43.5 Å². The van der Waals surface area contributed by atoms with Crippen LogP contribution >= 0.6 is 11.3 Å². The van der Waals surface area contributed by atoms with Crippen LogP contribution in [0.1, 0.15) is 32.3 Å². The molecule has 2 aromatic carbocycles. The van der Waals surface area contributed by atoms with E-state index in [9.17, 15) is 0 Å². The molecule has 4 rings (SSSR count). The smallest absolute Gasteiger partial charge is 0.189 e. The number of aromatic nitrogens is 1. The van der Waals surface area contributed by atoms with Crippen molar-refractivity contribution in [1.82, 2.24) is 4.57 Å². The lowest BCUT2D eigenvalue weighted by molar-refractivity contribution is 0.0227. The molecule has 0 bridgehead atoms. The van der Waals surface area contributed by atoms with Gasteiger partial charge in [-0.25, -0.2) is 0 Å². The van der Waals surface area contributed by atoms with E-state index in [1.807, 2.05) is 12.3 Å². The molecule has 0 fully saturated rings. The van der Waals surface area contributed by atoms with Crippen LogP contribution in [0.25, 0.3) is 27.5 Å². The van der Waals surface area contributed by atoms with Gasteiger partial charge in [-0.1, -0.05) is 37.6 Å². The van der Waals surface area contributed by atoms with Crippen LogP contribution in [0.3, 0.4) is 0 Å². The first kappa shape index (κ1) is 18.1. The van der Waals surface area contributed by atoms with E-state index in [0.717, 1.165) is 17.9 Å². The maximum atomic E-state index is 5.88. The number of rotatable bonds is 8. The molecule has 0 amide bonds. The molecule has 3 nitrogen and oxygen atoms in total. The number of aryl methyl sites for hydroxylation is 1. The second-order valence-corrected chi connectivity index (χ2v) is 7.43. The molecule has 4 heteroatoms. The van der Waals surface area contributed by atoms with Gasteiger partial charge in [-0.2, -0.15) is 0 Å². The van der Waals surface area contributed by atoms with Gasteiger partial charge in [-0.15, -0.1) is 11.3 Å². The van der Waals surface area contributed by atoms with Crippen molar-refractivity contribution in [3.05, 3.63) is 58.8 Å². The van der Waals surface area contributed by atoms with Crippen molar-refractivity contribution in [3.8, 4) is 11.4 Å². The van der Waals surface area contributed by atoms with Gasteiger partial charge in [0.15, 0.2) is 12.5 Å². The third kappa shape index (κ3) is 3.47. The molecule has 2 aromatic heterocycles. The van der Waals surface area contributed by atoms with Crippen LogP contribution in [-0.2, 0) is 11.2 Å². The molecular weight excluding hydrogens is 354 g/mol. The summed E-state index contributed by atoms with van der Waals surface area (Å²) in [5.74, 6) is 0.867. The Hall–Kier alpha value is -2.30. The number of benzene rings is 2. The average molecular weight is 380 g/mol. The van der Waals surface area contributed by atoms with Crippen molar-refractivity contribution in [2.24, 2.45) is 0 Å². The van der Waals surface area contributed by atoms with Gasteiger partial charge in [0.25, 0.3) is 0 Å². The lowest BCUT2D eigenvalue weighted by atomic mass is 10.0. The molecule has 0 unspecified atom stereocenters. The fourth-order valence-electron chi connectivity index (χ4n) is 3.55. The van der Waals surface area contributed by atoms with Crippen LogP contribution in [0.5, 0.6) is 5.75 Å². The van der Waals surface area contributed by atoms with Gasteiger partial charge in [0, 0.05) is 28.1 Å². The molecule has 0 aliphatic rings. The quantitative estimate of drug-likeness (QED) is 0.256. The van der Waals surface area contributed by atoms with E-state index >= 15 is 0 Å². The van der Waals surface area contributed by atoms with E-state index < -0.39 is 0 Å². The zero-order chi connectivity index (χ0) is 18.6. The molecule has 27 heavy (non-hydrogen) atoms. The molecule has 4 aromatic rings. The zero-order valence-corrected chi connectivity index (χ0v) is 16.7. The average Bonchev–Trinajstić information content (AvgIpc) is 3.28. The predicted molar refractivity (Wildman–Crippen MR) is 114 cm³/mol. The Morgan fingerprint density at radius 1 is 0.963 bits per heavy atom. The monoisotopic (exact) mass is 379 g/mol. The van der Waals surface area contributed by atoms with Gasteiger partial charge in [0.2, 0.25) is 0 Å². The summed E-state index contributed by atoms with van der Waals surface area (Å²) in [4.78, 5) is 0. The van der Waals surface area contributed by atoms with E-state index in [4.69, 9.17) is 9.47 Å². The van der Waals surface area contributed by atoms with Crippen molar-refractivity contribution in [3.63, 3.8) is 0 Å². The molecule has 0 saturated carbocycles. The number of thiophene rings is 1. The minimum absolute atomic E-state index is 0.276. The Morgan fingerprint density at radius 3 is 2.67 bits per heavy atom. The fraction of sp³-hybridized carbons (Fsp3) is 0.304. The van der Waals surface area contributed by atoms with Crippen molar-refractivity contribution < 1.29 is 9.47 Å². The van der Waals surface area contributed by atoms with Crippen molar-refractivity contribution in [2.75, 3.05) is 13.4 Å². The largest absolute Gasteiger partial charge is 0.464 e. The lowest BCUT2D eigenvalue weighted by Crippen LogP contribution is -2.04. The van der Waals surface area contributed by atoms with Gasteiger partial charge in [0.1, 0.15) is 0 Å². The third-order valence-electron chi connectivity index (χ3n) is 4.91. The summed E-state index contributed by atoms with van der Waals surface area (Å²) in [6.45, 7) is 5.14. The number of fused-ring (bicyclic) bond motifs is 3. The summed E-state index contributed by atoms with van der Waals surface area (Å²) in [6.07, 6.45) is 3.58. The molecule has 0 spiro atoms. The van der Waals surface area contributed by atoms with Crippen LogP contribution in [0.15, 0.2) is 53.2 Å². The normalized spacial score (nSPS) is 11.5. The van der Waals surface area contributed by atoms with Crippen molar-refractivity contribution >= 4 is 33.1 Å². The number of ether oxygens (including phenoxy) is 2. The van der Waals surface area contributed by atoms with Crippen LogP contribution in [0.2, 0.25) is 0 Å². The summed E-state index contributed by atoms with van der Waals surface area (Å²) < 4.78 is 13.6. The number of unbranched alkanes of at least 4 members (excludes halogenated alkanes) is 1. The highest BCUT2D eigenvalue weighted by molar-refractivity contribution is 7.08. The maximum Gasteiger partial charge on any atom is 0.189 e. The van der Waals surface area contributed by atoms with Gasteiger partial charge < -0.3 is 14.0 Å². The highest BCUT2D eigenvalue weighted by Gasteiger charge is 2.16. The first-order valence-corrected chi connectivity index (χ1v) is 10.6. The SMILES string of the molecule is CCCCc1ccc2c(c1)c1ccccc1n2-c1cscc1OCOCC. The second kappa shape index (κ2) is 8.15. The molecule has 0 aliphatic carbocycles. The summed E-state index contributed by atoms with van der Waals surface area (Å²) in [7, 11) is 0. The molecular formula is C23H25NO2S. The zero-order valence-electron chi connectivity index (χ0n) is 15.9. The van der Waals surface area contributed by atoms with Crippen LogP contribution in [0.4, 0.5) is 0 Å². The fourth-order valence-corrected chi connectivity index (χ4v) is 4.28. The molecule has 0 saturated heterocycles. The minimum Gasteiger partial charge on any atom is -0.464 e. The van der Waals surface area contributed by atoms with Crippen LogP contribution < -0.4 is 4.74 Å². The van der Waals surface area contributed by atoms with Gasteiger partial charge in [0.05, 0.1) is 16.7 Å². The van der Waals surface area contributed by atoms with E-state index in [1.165, 1.54) is 40.2 Å². The van der Waals surface area contributed by atoms with E-state index in [0.29, 0.717) is 6.61 Å². The Bertz CT molecular complexity index is 1050. The summed E-state index contributed by atoms with van der Waals surface area (Å²) >= 11 is 1.65. The summed E-state index contributed by atoms with van der Waals surface area (Å²) in [5.41, 5.74) is 4.91. The molecule has 2 heterocycles. The molecule has 140 valence electrons. The Morgan fingerprint density at radius 2 is 1.81 bits per heavy atom. The Balaban J connectivity index is 1.86. The first-order chi connectivity index (χ1) is 13.3. The number of para-hydroxylation sites is 1. The van der Waals surface area contributed by atoms with E-state index in [-0.39, 0.29) is 6.79 Å². The number of hydrogen-bond donors (Lipinski definition) is 0. The van der Waals surface area contributed by atoms with E-state index in [1.54, 1.807) is 11.3 Å². The predicted octanol–water partition coefficient (Wildman–Crippen LogP) is 6.56. The molecule has 0 N–H and O–H groups in total. The maximum absolute atomic E-state index is 5.88. The van der Waals surface area contributed by atoms with Crippen LogP contribution in [-0.4, -0.2) is 18.0 Å². The number of hydrogen-bond acceptors (Lipinski definition) is 3. The highest BCUT2D eigenvalue weighted by atomic mass is 32.1. The van der Waals surface area contributed by atoms with Crippen molar-refractivity contribution in [1.29, 1.82) is 0 Å². The highest BCUT2D eigenvalue weighted by Crippen LogP contribution is 2.37. The second-order valence-electron chi connectivity index (χ2n) is 6.68. The topological polar surface area (TPSA) is 23.4 Å². The van der Waals surface area contributed by atoms with Gasteiger partial charge >= 0.3 is 0 Å². The summed E-state index contributed by atoms with van der Waals surface area (Å²) in [6, 6.07) is 15.5. The third-order valence-corrected chi connectivity index (χ3v) is 5.62. The lowest BCUT2D eigenvalue weighted by Gasteiger charge is -2.11. The van der Waals surface area contributed by atoms with Gasteiger partial charge in [-0.3, -0.25) is 0 Å². The molecule has 0 radical (unpaired) electrons. The first-order valence-electron chi connectivity index (χ1n) is 9.62. The number of nitrogens with zero attached hydrogens (tertiary/aromatic N) is 1. The Kier molecular flexibility index (Phi) is 5.46. The molecule has 0 atom stereocenters. The standard InChI is InChI=1S/C23H25NO2S/c1-3-5-8-17-11-12-21-19(13-17)18-9-6-7-10-20(18)24(21)22-14-27-15-23(22)26-16-25-4-2/h6-7,9-15H,3-5,8,16H2,1-2H3. The molecule has 0 aliphatic heterocycles. The van der Waals surface area contributed by atoms with Crippen molar-refractivity contribution in [2.45, 2.75) is 33.1 Å².